The Balaban J connectivity index is 2.15. The normalized spacial score (nSPS) is 12.6. The van der Waals surface area contributed by atoms with Crippen LogP contribution in [0.15, 0.2) is 47.1 Å². The highest BCUT2D eigenvalue weighted by molar-refractivity contribution is 5.29. The van der Waals surface area contributed by atoms with Crippen LogP contribution < -0.4 is 0 Å². The molecule has 0 aliphatic heterocycles. The van der Waals surface area contributed by atoms with Crippen LogP contribution in [0.4, 0.5) is 0 Å². The molecule has 1 atom stereocenters. The van der Waals surface area contributed by atoms with Gasteiger partial charge in [-0.3, -0.25) is 0 Å². The lowest BCUT2D eigenvalue weighted by molar-refractivity contribution is 0.157. The second-order valence-electron chi connectivity index (χ2n) is 3.93. The Morgan fingerprint density at radius 2 is 2.06 bits per heavy atom. The molecule has 2 aromatic rings. The Hall–Kier alpha value is -1.58. The molecular weight excluding hydrogens is 216 g/mol. The smallest absolute Gasteiger partial charge is 0.106 e. The lowest BCUT2D eigenvalue weighted by atomic mass is 10.00. The number of methoxy groups -OCH3 is 1. The fourth-order valence-electron chi connectivity index (χ4n) is 1.88. The number of aliphatic hydroxyl groups excluding tert-OH is 1. The van der Waals surface area contributed by atoms with Crippen LogP contribution in [-0.2, 0) is 17.8 Å². The number of benzene rings is 1. The van der Waals surface area contributed by atoms with Crippen molar-refractivity contribution in [2.24, 2.45) is 0 Å². The van der Waals surface area contributed by atoms with E-state index in [1.54, 1.807) is 13.4 Å². The molecule has 3 nitrogen and oxygen atoms in total. The predicted molar refractivity (Wildman–Crippen MR) is 64.5 cm³/mol. The minimum atomic E-state index is -0.563. The van der Waals surface area contributed by atoms with Gasteiger partial charge in [0.05, 0.1) is 19.0 Å². The Morgan fingerprint density at radius 3 is 2.76 bits per heavy atom. The van der Waals surface area contributed by atoms with E-state index in [0.29, 0.717) is 13.0 Å². The summed E-state index contributed by atoms with van der Waals surface area (Å²) >= 11 is 0. The van der Waals surface area contributed by atoms with Crippen LogP contribution in [0.1, 0.15) is 23.0 Å². The maximum absolute atomic E-state index is 10.2. The molecule has 0 spiro atoms. The first-order valence-electron chi connectivity index (χ1n) is 5.58. The summed E-state index contributed by atoms with van der Waals surface area (Å²) in [6.07, 6.45) is 1.53. The van der Waals surface area contributed by atoms with Crippen LogP contribution >= 0.6 is 0 Å². The van der Waals surface area contributed by atoms with Crippen LogP contribution in [0.2, 0.25) is 0 Å². The van der Waals surface area contributed by atoms with Gasteiger partial charge in [0.1, 0.15) is 5.76 Å². The van der Waals surface area contributed by atoms with Gasteiger partial charge >= 0.3 is 0 Å². The van der Waals surface area contributed by atoms with E-state index >= 15 is 0 Å². The van der Waals surface area contributed by atoms with Crippen molar-refractivity contribution in [3.8, 4) is 0 Å². The topological polar surface area (TPSA) is 42.6 Å². The van der Waals surface area contributed by atoms with Crippen molar-refractivity contribution in [3.05, 3.63) is 59.5 Å². The zero-order valence-electron chi connectivity index (χ0n) is 9.80. The van der Waals surface area contributed by atoms with E-state index in [1.807, 2.05) is 36.4 Å². The molecule has 3 heteroatoms. The maximum Gasteiger partial charge on any atom is 0.106 e. The fourth-order valence-corrected chi connectivity index (χ4v) is 1.88. The summed E-state index contributed by atoms with van der Waals surface area (Å²) in [4.78, 5) is 0. The number of rotatable bonds is 5. The van der Waals surface area contributed by atoms with E-state index in [9.17, 15) is 5.11 Å². The number of aliphatic hydroxyl groups is 1. The van der Waals surface area contributed by atoms with E-state index in [-0.39, 0.29) is 0 Å². The molecule has 2 rings (SSSR count). The van der Waals surface area contributed by atoms with Crippen molar-refractivity contribution >= 4 is 0 Å². The number of ether oxygens (including phenoxy) is 1. The average Bonchev–Trinajstić information content (AvgIpc) is 2.83. The SMILES string of the molecule is COCc1ccccc1C(O)Cc1ccco1. The lowest BCUT2D eigenvalue weighted by Crippen LogP contribution is -2.05. The Labute approximate surface area is 101 Å². The standard InChI is InChI=1S/C14H16O3/c1-16-10-11-5-2-3-7-13(11)14(15)9-12-6-4-8-17-12/h2-8,14-15H,9-10H2,1H3. The van der Waals surface area contributed by atoms with E-state index in [2.05, 4.69) is 0 Å². The molecule has 17 heavy (non-hydrogen) atoms. The molecule has 1 unspecified atom stereocenters. The molecule has 90 valence electrons. The summed E-state index contributed by atoms with van der Waals surface area (Å²) in [6, 6.07) is 11.4. The van der Waals surface area contributed by atoms with Gasteiger partial charge < -0.3 is 14.3 Å². The van der Waals surface area contributed by atoms with Crippen molar-refractivity contribution < 1.29 is 14.3 Å². The summed E-state index contributed by atoms with van der Waals surface area (Å²) < 4.78 is 10.4. The minimum absolute atomic E-state index is 0.480. The summed E-state index contributed by atoms with van der Waals surface area (Å²) in [6.45, 7) is 0.505. The molecule has 0 amide bonds. The molecule has 0 saturated heterocycles. The first-order valence-corrected chi connectivity index (χ1v) is 5.58. The Bertz CT molecular complexity index is 448. The van der Waals surface area contributed by atoms with E-state index < -0.39 is 6.10 Å². The van der Waals surface area contributed by atoms with Gasteiger partial charge in [-0.2, -0.15) is 0 Å². The lowest BCUT2D eigenvalue weighted by Gasteiger charge is -2.14. The number of hydrogen-bond donors (Lipinski definition) is 1. The molecule has 0 radical (unpaired) electrons. The highest BCUT2D eigenvalue weighted by atomic mass is 16.5. The van der Waals surface area contributed by atoms with Gasteiger partial charge in [0.15, 0.2) is 0 Å². The molecule has 0 bridgehead atoms. The van der Waals surface area contributed by atoms with Gasteiger partial charge in [0, 0.05) is 13.5 Å². The first-order chi connectivity index (χ1) is 8.31. The third-order valence-electron chi connectivity index (χ3n) is 2.69. The fraction of sp³-hybridized carbons (Fsp3) is 0.286. The largest absolute Gasteiger partial charge is 0.469 e. The number of furan rings is 1. The van der Waals surface area contributed by atoms with Crippen LogP contribution in [-0.4, -0.2) is 12.2 Å². The summed E-state index contributed by atoms with van der Waals surface area (Å²) in [5.74, 6) is 0.782. The maximum atomic E-state index is 10.2. The molecule has 0 saturated carbocycles. The third-order valence-corrected chi connectivity index (χ3v) is 2.69. The van der Waals surface area contributed by atoms with E-state index in [0.717, 1.165) is 16.9 Å². The van der Waals surface area contributed by atoms with E-state index in [4.69, 9.17) is 9.15 Å². The molecule has 1 N–H and O–H groups in total. The second kappa shape index (κ2) is 5.66. The summed E-state index contributed by atoms with van der Waals surface area (Å²) in [5.41, 5.74) is 1.90. The monoisotopic (exact) mass is 232 g/mol. The third kappa shape index (κ3) is 2.96. The van der Waals surface area contributed by atoms with Crippen molar-refractivity contribution in [2.75, 3.05) is 7.11 Å². The van der Waals surface area contributed by atoms with Crippen molar-refractivity contribution in [1.82, 2.24) is 0 Å². The van der Waals surface area contributed by atoms with Gasteiger partial charge in [0.25, 0.3) is 0 Å². The molecule has 1 aromatic heterocycles. The Morgan fingerprint density at radius 1 is 1.24 bits per heavy atom. The van der Waals surface area contributed by atoms with Gasteiger partial charge in [-0.25, -0.2) is 0 Å². The molecule has 1 aromatic carbocycles. The average molecular weight is 232 g/mol. The quantitative estimate of drug-likeness (QED) is 0.861. The first kappa shape index (κ1) is 11.9. The van der Waals surface area contributed by atoms with Crippen LogP contribution in [0.3, 0.4) is 0 Å². The highest BCUT2D eigenvalue weighted by Crippen LogP contribution is 2.22. The van der Waals surface area contributed by atoms with Gasteiger partial charge in [0.2, 0.25) is 0 Å². The molecular formula is C14H16O3. The summed E-state index contributed by atoms with van der Waals surface area (Å²) in [7, 11) is 1.65. The predicted octanol–water partition coefficient (Wildman–Crippen LogP) is 2.70. The van der Waals surface area contributed by atoms with Crippen molar-refractivity contribution in [2.45, 2.75) is 19.1 Å². The molecule has 1 heterocycles. The van der Waals surface area contributed by atoms with Gasteiger partial charge in [-0.15, -0.1) is 0 Å². The number of hydrogen-bond acceptors (Lipinski definition) is 3. The molecule has 0 aliphatic rings. The van der Waals surface area contributed by atoms with Crippen LogP contribution in [0.5, 0.6) is 0 Å². The Kier molecular flexibility index (Phi) is 3.96. The second-order valence-corrected chi connectivity index (χ2v) is 3.93. The summed E-state index contributed by atoms with van der Waals surface area (Å²) in [5, 5.41) is 10.2. The zero-order valence-corrected chi connectivity index (χ0v) is 9.80. The molecule has 0 aliphatic carbocycles. The van der Waals surface area contributed by atoms with Crippen LogP contribution in [0, 0.1) is 0 Å². The van der Waals surface area contributed by atoms with Gasteiger partial charge in [-0.1, -0.05) is 24.3 Å². The highest BCUT2D eigenvalue weighted by Gasteiger charge is 2.13. The zero-order chi connectivity index (χ0) is 12.1. The van der Waals surface area contributed by atoms with Crippen LogP contribution in [0.25, 0.3) is 0 Å². The van der Waals surface area contributed by atoms with Gasteiger partial charge in [-0.05, 0) is 23.3 Å². The minimum Gasteiger partial charge on any atom is -0.469 e. The molecule has 0 fully saturated rings. The van der Waals surface area contributed by atoms with E-state index in [1.165, 1.54) is 0 Å². The van der Waals surface area contributed by atoms with Crippen molar-refractivity contribution in [3.63, 3.8) is 0 Å². The van der Waals surface area contributed by atoms with Crippen molar-refractivity contribution in [1.29, 1.82) is 0 Å².